The average molecular weight is 294 g/mol. The Labute approximate surface area is 103 Å². The van der Waals surface area contributed by atoms with E-state index < -0.39 is 0 Å². The van der Waals surface area contributed by atoms with Crippen LogP contribution in [0.15, 0.2) is 15.9 Å². The number of hydrogen-bond donors (Lipinski definition) is 2. The van der Waals surface area contributed by atoms with Crippen LogP contribution >= 0.6 is 27.3 Å². The summed E-state index contributed by atoms with van der Waals surface area (Å²) in [7, 11) is 1.60. The minimum Gasteiger partial charge on any atom is -0.391 e. The lowest BCUT2D eigenvalue weighted by Crippen LogP contribution is -2.22. The van der Waals surface area contributed by atoms with Crippen molar-refractivity contribution in [3.8, 4) is 0 Å². The lowest BCUT2D eigenvalue weighted by molar-refractivity contribution is 0.0594. The SMILES string of the molecule is COCC(O)CCNCc1ccc(Br)s1. The molecule has 2 N–H and O–H groups in total. The second kappa shape index (κ2) is 7.35. The molecule has 1 aromatic rings. The number of thiophene rings is 1. The molecule has 0 aliphatic heterocycles. The topological polar surface area (TPSA) is 41.5 Å². The van der Waals surface area contributed by atoms with Gasteiger partial charge in [0.15, 0.2) is 0 Å². The molecule has 0 saturated heterocycles. The van der Waals surface area contributed by atoms with Gasteiger partial charge in [0.05, 0.1) is 16.5 Å². The highest BCUT2D eigenvalue weighted by Gasteiger charge is 2.02. The van der Waals surface area contributed by atoms with Crippen LogP contribution in [-0.4, -0.2) is 31.5 Å². The Morgan fingerprint density at radius 1 is 1.60 bits per heavy atom. The van der Waals surface area contributed by atoms with Crippen molar-refractivity contribution in [3.05, 3.63) is 20.8 Å². The van der Waals surface area contributed by atoms with Crippen molar-refractivity contribution in [3.63, 3.8) is 0 Å². The maximum absolute atomic E-state index is 9.38. The van der Waals surface area contributed by atoms with Gasteiger partial charge in [-0.2, -0.15) is 0 Å². The summed E-state index contributed by atoms with van der Waals surface area (Å²) in [5.41, 5.74) is 0. The molecule has 1 heterocycles. The number of hydrogen-bond acceptors (Lipinski definition) is 4. The summed E-state index contributed by atoms with van der Waals surface area (Å²) in [5, 5.41) is 12.7. The first-order chi connectivity index (χ1) is 7.22. The van der Waals surface area contributed by atoms with Crippen molar-refractivity contribution in [2.45, 2.75) is 19.1 Å². The standard InChI is InChI=1S/C10H16BrNO2S/c1-14-7-8(13)4-5-12-6-9-2-3-10(11)15-9/h2-3,8,12-13H,4-7H2,1H3. The van der Waals surface area contributed by atoms with Crippen LogP contribution in [0.3, 0.4) is 0 Å². The van der Waals surface area contributed by atoms with Gasteiger partial charge in [-0.3, -0.25) is 0 Å². The third-order valence-electron chi connectivity index (χ3n) is 1.94. The number of methoxy groups -OCH3 is 1. The summed E-state index contributed by atoms with van der Waals surface area (Å²) in [4.78, 5) is 1.29. The molecule has 3 nitrogen and oxygen atoms in total. The van der Waals surface area contributed by atoms with E-state index in [0.29, 0.717) is 6.61 Å². The second-order valence-electron chi connectivity index (χ2n) is 3.28. The molecule has 0 radical (unpaired) electrons. The highest BCUT2D eigenvalue weighted by molar-refractivity contribution is 9.11. The quantitative estimate of drug-likeness (QED) is 0.756. The fraction of sp³-hybridized carbons (Fsp3) is 0.600. The molecule has 1 unspecified atom stereocenters. The van der Waals surface area contributed by atoms with Crippen molar-refractivity contribution in [1.29, 1.82) is 0 Å². The fourth-order valence-electron chi connectivity index (χ4n) is 1.20. The van der Waals surface area contributed by atoms with E-state index in [0.717, 1.165) is 23.3 Å². The average Bonchev–Trinajstić information content (AvgIpc) is 2.60. The molecular formula is C10H16BrNO2S. The predicted octanol–water partition coefficient (Wildman–Crippen LogP) is 2.00. The van der Waals surface area contributed by atoms with Crippen molar-refractivity contribution >= 4 is 27.3 Å². The van der Waals surface area contributed by atoms with Gasteiger partial charge < -0.3 is 15.2 Å². The van der Waals surface area contributed by atoms with Crippen LogP contribution in [0, 0.1) is 0 Å². The molecule has 0 fully saturated rings. The maximum atomic E-state index is 9.38. The normalized spacial score (nSPS) is 13.0. The van der Waals surface area contributed by atoms with Gasteiger partial charge in [0.25, 0.3) is 0 Å². The zero-order chi connectivity index (χ0) is 11.1. The molecule has 1 rings (SSSR count). The monoisotopic (exact) mass is 293 g/mol. The molecule has 1 atom stereocenters. The summed E-state index contributed by atoms with van der Waals surface area (Å²) in [6.07, 6.45) is 0.359. The third kappa shape index (κ3) is 5.63. The lowest BCUT2D eigenvalue weighted by Gasteiger charge is -2.09. The van der Waals surface area contributed by atoms with E-state index in [-0.39, 0.29) is 6.10 Å². The highest BCUT2D eigenvalue weighted by Crippen LogP contribution is 2.21. The first kappa shape index (κ1) is 13.1. The van der Waals surface area contributed by atoms with Crippen LogP contribution in [0.1, 0.15) is 11.3 Å². The molecule has 1 aromatic heterocycles. The molecular weight excluding hydrogens is 278 g/mol. The van der Waals surface area contributed by atoms with Crippen LogP contribution in [0.4, 0.5) is 0 Å². The van der Waals surface area contributed by atoms with Crippen LogP contribution in [-0.2, 0) is 11.3 Å². The van der Waals surface area contributed by atoms with Crippen LogP contribution in [0.2, 0.25) is 0 Å². The van der Waals surface area contributed by atoms with E-state index in [4.69, 9.17) is 4.74 Å². The van der Waals surface area contributed by atoms with E-state index in [1.807, 2.05) is 6.07 Å². The van der Waals surface area contributed by atoms with Gasteiger partial charge in [0, 0.05) is 18.5 Å². The summed E-state index contributed by atoms with van der Waals surface area (Å²) in [6, 6.07) is 4.13. The first-order valence-electron chi connectivity index (χ1n) is 4.84. The van der Waals surface area contributed by atoms with E-state index in [9.17, 15) is 5.11 Å². The second-order valence-corrected chi connectivity index (χ2v) is 5.83. The van der Waals surface area contributed by atoms with Gasteiger partial charge in [-0.1, -0.05) is 0 Å². The predicted molar refractivity (Wildman–Crippen MR) is 66.2 cm³/mol. The van der Waals surface area contributed by atoms with Crippen LogP contribution < -0.4 is 5.32 Å². The van der Waals surface area contributed by atoms with Gasteiger partial charge >= 0.3 is 0 Å². The molecule has 0 bridgehead atoms. The highest BCUT2D eigenvalue weighted by atomic mass is 79.9. The summed E-state index contributed by atoms with van der Waals surface area (Å²) in [5.74, 6) is 0. The van der Waals surface area contributed by atoms with Crippen molar-refractivity contribution in [1.82, 2.24) is 5.32 Å². The van der Waals surface area contributed by atoms with E-state index in [1.165, 1.54) is 4.88 Å². The minimum absolute atomic E-state index is 0.363. The Morgan fingerprint density at radius 3 is 3.00 bits per heavy atom. The lowest BCUT2D eigenvalue weighted by atomic mass is 10.2. The molecule has 0 spiro atoms. The molecule has 15 heavy (non-hydrogen) atoms. The third-order valence-corrected chi connectivity index (χ3v) is 3.57. The molecule has 86 valence electrons. The van der Waals surface area contributed by atoms with Crippen LogP contribution in [0.5, 0.6) is 0 Å². The van der Waals surface area contributed by atoms with Crippen molar-refractivity contribution < 1.29 is 9.84 Å². The number of aliphatic hydroxyl groups excluding tert-OH is 1. The zero-order valence-electron chi connectivity index (χ0n) is 8.70. The molecule has 0 aliphatic carbocycles. The van der Waals surface area contributed by atoms with Gasteiger partial charge in [-0.25, -0.2) is 0 Å². The number of rotatable bonds is 7. The van der Waals surface area contributed by atoms with E-state index >= 15 is 0 Å². The zero-order valence-corrected chi connectivity index (χ0v) is 11.1. The number of aliphatic hydroxyl groups is 1. The minimum atomic E-state index is -0.363. The summed E-state index contributed by atoms with van der Waals surface area (Å²) >= 11 is 5.14. The fourth-order valence-corrected chi connectivity index (χ4v) is 2.66. The van der Waals surface area contributed by atoms with Gasteiger partial charge in [-0.15, -0.1) is 11.3 Å². The molecule has 5 heteroatoms. The Bertz CT molecular complexity index is 280. The maximum Gasteiger partial charge on any atom is 0.0785 e. The Morgan fingerprint density at radius 2 is 2.40 bits per heavy atom. The van der Waals surface area contributed by atoms with Crippen molar-refractivity contribution in [2.75, 3.05) is 20.3 Å². The van der Waals surface area contributed by atoms with Gasteiger partial charge in [-0.05, 0) is 41.0 Å². The number of nitrogens with one attached hydrogen (secondary N) is 1. The Hall–Kier alpha value is 0.0600. The van der Waals surface area contributed by atoms with E-state index in [2.05, 4.69) is 27.3 Å². The number of ether oxygens (including phenoxy) is 1. The Balaban J connectivity index is 2.06. The van der Waals surface area contributed by atoms with Crippen molar-refractivity contribution in [2.24, 2.45) is 0 Å². The molecule has 0 aliphatic rings. The number of halogens is 1. The molecule has 0 aromatic carbocycles. The van der Waals surface area contributed by atoms with Gasteiger partial charge in [0.2, 0.25) is 0 Å². The summed E-state index contributed by atoms with van der Waals surface area (Å²) in [6.45, 7) is 2.07. The van der Waals surface area contributed by atoms with Gasteiger partial charge in [0.1, 0.15) is 0 Å². The van der Waals surface area contributed by atoms with E-state index in [1.54, 1.807) is 18.4 Å². The largest absolute Gasteiger partial charge is 0.391 e. The smallest absolute Gasteiger partial charge is 0.0785 e. The first-order valence-corrected chi connectivity index (χ1v) is 6.45. The Kier molecular flexibility index (Phi) is 6.43. The van der Waals surface area contributed by atoms with Crippen LogP contribution in [0.25, 0.3) is 0 Å². The molecule has 0 amide bonds. The molecule has 0 saturated carbocycles. The summed E-state index contributed by atoms with van der Waals surface area (Å²) < 4.78 is 5.99.